The summed E-state index contributed by atoms with van der Waals surface area (Å²) in [5.74, 6) is -0.389. The predicted molar refractivity (Wildman–Crippen MR) is 107 cm³/mol. The van der Waals surface area contributed by atoms with Gasteiger partial charge >= 0.3 is 6.09 Å². The van der Waals surface area contributed by atoms with Crippen molar-refractivity contribution in [2.75, 3.05) is 5.43 Å². The van der Waals surface area contributed by atoms with Crippen LogP contribution in [0.4, 0.5) is 10.5 Å². The van der Waals surface area contributed by atoms with E-state index in [-0.39, 0.29) is 5.91 Å². The molecular formula is C20H24ClN3O3. The highest BCUT2D eigenvalue weighted by molar-refractivity contribution is 6.30. The van der Waals surface area contributed by atoms with Crippen LogP contribution in [0.15, 0.2) is 54.6 Å². The molecule has 2 rings (SSSR count). The Kier molecular flexibility index (Phi) is 7.07. The maximum absolute atomic E-state index is 12.6. The summed E-state index contributed by atoms with van der Waals surface area (Å²) in [6.45, 7) is 5.29. The van der Waals surface area contributed by atoms with Crippen LogP contribution in [-0.2, 0) is 16.0 Å². The van der Waals surface area contributed by atoms with Crippen molar-refractivity contribution in [1.29, 1.82) is 0 Å². The Morgan fingerprint density at radius 2 is 1.67 bits per heavy atom. The molecule has 0 aliphatic rings. The van der Waals surface area contributed by atoms with Crippen molar-refractivity contribution in [3.05, 3.63) is 65.2 Å². The second-order valence-electron chi connectivity index (χ2n) is 7.01. The van der Waals surface area contributed by atoms with Gasteiger partial charge in [0.15, 0.2) is 0 Å². The number of amides is 2. The zero-order valence-corrected chi connectivity index (χ0v) is 16.3. The molecule has 2 amide bonds. The second-order valence-corrected chi connectivity index (χ2v) is 7.45. The second kappa shape index (κ2) is 9.28. The van der Waals surface area contributed by atoms with Gasteiger partial charge in [-0.05, 0) is 50.6 Å². The van der Waals surface area contributed by atoms with E-state index in [1.807, 2.05) is 30.3 Å². The summed E-state index contributed by atoms with van der Waals surface area (Å²) in [6, 6.07) is 15.5. The first-order valence-electron chi connectivity index (χ1n) is 8.58. The Balaban J connectivity index is 2.03. The van der Waals surface area contributed by atoms with Gasteiger partial charge in [0.25, 0.3) is 5.91 Å². The van der Waals surface area contributed by atoms with Crippen LogP contribution in [0, 0.1) is 0 Å². The number of carbonyl (C=O) groups is 2. The zero-order valence-electron chi connectivity index (χ0n) is 15.6. The highest BCUT2D eigenvalue weighted by Crippen LogP contribution is 2.13. The summed E-state index contributed by atoms with van der Waals surface area (Å²) in [4.78, 5) is 24.7. The highest BCUT2D eigenvalue weighted by Gasteiger charge is 2.24. The molecule has 144 valence electrons. The van der Waals surface area contributed by atoms with Gasteiger partial charge in [0.05, 0.1) is 5.69 Å². The van der Waals surface area contributed by atoms with Crippen LogP contribution in [0.25, 0.3) is 0 Å². The van der Waals surface area contributed by atoms with Gasteiger partial charge in [0.1, 0.15) is 11.6 Å². The molecule has 0 radical (unpaired) electrons. The predicted octanol–water partition coefficient (Wildman–Crippen LogP) is 3.92. The van der Waals surface area contributed by atoms with E-state index in [1.54, 1.807) is 45.0 Å². The average Bonchev–Trinajstić information content (AvgIpc) is 2.59. The van der Waals surface area contributed by atoms with Gasteiger partial charge in [-0.2, -0.15) is 0 Å². The van der Waals surface area contributed by atoms with Gasteiger partial charge < -0.3 is 10.1 Å². The molecule has 27 heavy (non-hydrogen) atoms. The molecule has 0 heterocycles. The summed E-state index contributed by atoms with van der Waals surface area (Å²) in [6.07, 6.45) is -0.320. The molecule has 2 aromatic carbocycles. The molecule has 0 saturated carbocycles. The van der Waals surface area contributed by atoms with Crippen molar-refractivity contribution in [1.82, 2.24) is 10.7 Å². The lowest BCUT2D eigenvalue weighted by atomic mass is 10.1. The molecule has 7 heteroatoms. The third-order valence-corrected chi connectivity index (χ3v) is 3.72. The van der Waals surface area contributed by atoms with E-state index in [0.29, 0.717) is 17.1 Å². The molecule has 1 atom stereocenters. The molecule has 0 spiro atoms. The number of ether oxygens (including phenoxy) is 1. The number of carbonyl (C=O) groups excluding carboxylic acids is 2. The zero-order chi connectivity index (χ0) is 19.9. The number of hydrogen-bond acceptors (Lipinski definition) is 4. The summed E-state index contributed by atoms with van der Waals surface area (Å²) < 4.78 is 5.27. The summed E-state index contributed by atoms with van der Waals surface area (Å²) in [5, 5.41) is 3.23. The van der Waals surface area contributed by atoms with E-state index in [1.165, 1.54) is 0 Å². The van der Waals surface area contributed by atoms with Crippen LogP contribution in [-0.4, -0.2) is 23.6 Å². The standard InChI is InChI=1S/C20H24ClN3O3/c1-20(2,3)27-19(26)22-17(13-14-7-5-4-6-8-14)18(25)24-23-16-11-9-15(21)10-12-16/h4-12,17,23H,13H2,1-3H3,(H,22,26)(H,24,25). The maximum atomic E-state index is 12.6. The van der Waals surface area contributed by atoms with E-state index in [2.05, 4.69) is 16.2 Å². The van der Waals surface area contributed by atoms with Crippen LogP contribution in [0.3, 0.4) is 0 Å². The van der Waals surface area contributed by atoms with Crippen LogP contribution >= 0.6 is 11.6 Å². The number of rotatable bonds is 6. The fourth-order valence-corrected chi connectivity index (χ4v) is 2.39. The molecule has 0 aliphatic carbocycles. The Bertz CT molecular complexity index is 758. The van der Waals surface area contributed by atoms with Crippen molar-refractivity contribution in [3.8, 4) is 0 Å². The molecule has 0 saturated heterocycles. The molecule has 1 unspecified atom stereocenters. The minimum absolute atomic E-state index is 0.328. The van der Waals surface area contributed by atoms with Crippen molar-refractivity contribution >= 4 is 29.3 Å². The number of hydrazine groups is 1. The quantitative estimate of drug-likeness (QED) is 0.654. The molecule has 2 aromatic rings. The Labute approximate surface area is 164 Å². The highest BCUT2D eigenvalue weighted by atomic mass is 35.5. The first kappa shape index (κ1) is 20.6. The number of anilines is 1. The van der Waals surface area contributed by atoms with Gasteiger partial charge in [-0.25, -0.2) is 4.79 Å². The van der Waals surface area contributed by atoms with Crippen LogP contribution in [0.2, 0.25) is 5.02 Å². The first-order chi connectivity index (χ1) is 12.7. The van der Waals surface area contributed by atoms with E-state index >= 15 is 0 Å². The monoisotopic (exact) mass is 389 g/mol. The lowest BCUT2D eigenvalue weighted by Crippen LogP contribution is -2.50. The van der Waals surface area contributed by atoms with Gasteiger partial charge in [-0.15, -0.1) is 0 Å². The van der Waals surface area contributed by atoms with E-state index < -0.39 is 17.7 Å². The Morgan fingerprint density at radius 1 is 1.04 bits per heavy atom. The number of nitrogens with one attached hydrogen (secondary N) is 3. The third kappa shape index (κ3) is 7.58. The SMILES string of the molecule is CC(C)(C)OC(=O)NC(Cc1ccccc1)C(=O)NNc1ccc(Cl)cc1. The van der Waals surface area contributed by atoms with Crippen LogP contribution < -0.4 is 16.2 Å². The van der Waals surface area contributed by atoms with E-state index in [9.17, 15) is 9.59 Å². The smallest absolute Gasteiger partial charge is 0.408 e. The Morgan fingerprint density at radius 3 is 2.26 bits per heavy atom. The molecular weight excluding hydrogens is 366 g/mol. The van der Waals surface area contributed by atoms with Gasteiger partial charge in [-0.3, -0.25) is 15.6 Å². The van der Waals surface area contributed by atoms with Crippen LogP contribution in [0.5, 0.6) is 0 Å². The third-order valence-electron chi connectivity index (χ3n) is 3.46. The van der Waals surface area contributed by atoms with Gasteiger partial charge in [0.2, 0.25) is 0 Å². The normalized spacial score (nSPS) is 12.0. The fraction of sp³-hybridized carbons (Fsp3) is 0.300. The van der Waals surface area contributed by atoms with Crippen molar-refractivity contribution < 1.29 is 14.3 Å². The molecule has 0 aliphatic heterocycles. The number of halogens is 1. The number of benzene rings is 2. The fourth-order valence-electron chi connectivity index (χ4n) is 2.26. The molecule has 3 N–H and O–H groups in total. The lowest BCUT2D eigenvalue weighted by molar-refractivity contribution is -0.122. The minimum Gasteiger partial charge on any atom is -0.444 e. The van der Waals surface area contributed by atoms with Crippen molar-refractivity contribution in [2.45, 2.75) is 38.8 Å². The van der Waals surface area contributed by atoms with Gasteiger partial charge in [-0.1, -0.05) is 41.9 Å². The van der Waals surface area contributed by atoms with E-state index in [0.717, 1.165) is 5.56 Å². The average molecular weight is 390 g/mol. The Hall–Kier alpha value is -2.73. The van der Waals surface area contributed by atoms with Crippen molar-refractivity contribution in [3.63, 3.8) is 0 Å². The largest absolute Gasteiger partial charge is 0.444 e. The van der Waals surface area contributed by atoms with Crippen LogP contribution in [0.1, 0.15) is 26.3 Å². The van der Waals surface area contributed by atoms with Gasteiger partial charge in [0, 0.05) is 11.4 Å². The summed E-state index contributed by atoms with van der Waals surface area (Å²) in [7, 11) is 0. The summed E-state index contributed by atoms with van der Waals surface area (Å²) in [5.41, 5.74) is 6.35. The molecule has 6 nitrogen and oxygen atoms in total. The molecule has 0 bridgehead atoms. The van der Waals surface area contributed by atoms with Crippen molar-refractivity contribution in [2.24, 2.45) is 0 Å². The topological polar surface area (TPSA) is 79.5 Å². The first-order valence-corrected chi connectivity index (χ1v) is 8.95. The number of alkyl carbamates (subject to hydrolysis) is 1. The molecule has 0 aromatic heterocycles. The van der Waals surface area contributed by atoms with E-state index in [4.69, 9.17) is 16.3 Å². The maximum Gasteiger partial charge on any atom is 0.408 e. The molecule has 0 fully saturated rings. The minimum atomic E-state index is -0.804. The summed E-state index contributed by atoms with van der Waals surface area (Å²) >= 11 is 5.85. The lowest BCUT2D eigenvalue weighted by Gasteiger charge is -2.23. The number of hydrogen-bond donors (Lipinski definition) is 3.